The molecule has 0 aliphatic heterocycles. The molecule has 0 aromatic heterocycles. The minimum Gasteiger partial charge on any atom is -0.393 e. The summed E-state index contributed by atoms with van der Waals surface area (Å²) in [4.78, 5) is 24.0. The number of ketones is 2. The first-order chi connectivity index (χ1) is 11.3. The van der Waals surface area contributed by atoms with E-state index in [1.54, 1.807) is 6.92 Å². The number of carbonyl (C=O) groups is 2. The molecule has 0 saturated heterocycles. The highest BCUT2D eigenvalue weighted by molar-refractivity contribution is 5.91. The van der Waals surface area contributed by atoms with Crippen LogP contribution in [0.2, 0.25) is 0 Å². The van der Waals surface area contributed by atoms with Crippen molar-refractivity contribution in [2.24, 2.45) is 34.5 Å². The average Bonchev–Trinajstić information content (AvgIpc) is 2.84. The first-order valence-corrected chi connectivity index (χ1v) is 9.70. The van der Waals surface area contributed by atoms with Crippen molar-refractivity contribution in [3.63, 3.8) is 0 Å². The van der Waals surface area contributed by atoms with Crippen molar-refractivity contribution in [1.29, 1.82) is 0 Å². The molecule has 0 aromatic carbocycles. The number of hydrogen-bond donors (Lipinski definition) is 1. The van der Waals surface area contributed by atoms with Crippen LogP contribution in [0.25, 0.3) is 0 Å². The molecule has 7 atom stereocenters. The van der Waals surface area contributed by atoms with Gasteiger partial charge >= 0.3 is 0 Å². The zero-order valence-electron chi connectivity index (χ0n) is 15.2. The van der Waals surface area contributed by atoms with Gasteiger partial charge in [0.05, 0.1) is 6.10 Å². The molecule has 0 aromatic rings. The van der Waals surface area contributed by atoms with E-state index >= 15 is 0 Å². The van der Waals surface area contributed by atoms with Gasteiger partial charge in [0.2, 0.25) is 0 Å². The Hall–Kier alpha value is -0.960. The lowest BCUT2D eigenvalue weighted by Gasteiger charge is -2.59. The number of allylic oxidation sites excluding steroid dienone is 1. The van der Waals surface area contributed by atoms with Crippen LogP contribution in [0.3, 0.4) is 0 Å². The quantitative estimate of drug-likeness (QED) is 0.797. The summed E-state index contributed by atoms with van der Waals surface area (Å²) < 4.78 is 0. The first kappa shape index (κ1) is 16.5. The lowest BCUT2D eigenvalue weighted by molar-refractivity contribution is -0.143. The van der Waals surface area contributed by atoms with Crippen molar-refractivity contribution in [2.45, 2.75) is 71.8 Å². The number of carbonyl (C=O) groups excluding carboxylic acids is 2. The molecule has 3 nitrogen and oxygen atoms in total. The zero-order chi connectivity index (χ0) is 17.3. The molecule has 0 heterocycles. The fraction of sp³-hybridized carbons (Fsp3) is 0.810. The van der Waals surface area contributed by atoms with Crippen molar-refractivity contribution >= 4 is 11.6 Å². The van der Waals surface area contributed by atoms with E-state index in [0.29, 0.717) is 24.0 Å². The van der Waals surface area contributed by atoms with Crippen LogP contribution in [0.4, 0.5) is 0 Å². The summed E-state index contributed by atoms with van der Waals surface area (Å²) >= 11 is 0. The highest BCUT2D eigenvalue weighted by Gasteiger charge is 2.62. The second-order valence-electron chi connectivity index (χ2n) is 9.41. The summed E-state index contributed by atoms with van der Waals surface area (Å²) in [6.45, 7) is 6.27. The Morgan fingerprint density at radius 2 is 1.96 bits per heavy atom. The van der Waals surface area contributed by atoms with Crippen LogP contribution in [-0.4, -0.2) is 22.8 Å². The van der Waals surface area contributed by atoms with E-state index < -0.39 is 0 Å². The Balaban J connectivity index is 1.72. The van der Waals surface area contributed by atoms with Crippen LogP contribution in [0.5, 0.6) is 0 Å². The van der Waals surface area contributed by atoms with Crippen LogP contribution in [-0.2, 0) is 9.59 Å². The standard InChI is InChI=1S/C21H30O3/c1-12(22)16-6-7-17-15-5-4-13-10-14(23)8-9-20(13,2)19(15)18(24)11-21(16,17)3/h10,15-19,24H,4-9,11H2,1-3H3/t15?,16?,17?,18?,19?,20-,21+/m0/s1. The maximum atomic E-state index is 12.2. The Morgan fingerprint density at radius 1 is 1.21 bits per heavy atom. The number of hydrogen-bond acceptors (Lipinski definition) is 3. The molecule has 1 N–H and O–H groups in total. The fourth-order valence-electron chi connectivity index (χ4n) is 7.35. The molecule has 4 aliphatic rings. The number of Topliss-reactive ketones (excluding diaryl/α,β-unsaturated/α-hetero) is 1. The van der Waals surface area contributed by atoms with Crippen molar-refractivity contribution in [3.05, 3.63) is 11.6 Å². The zero-order valence-corrected chi connectivity index (χ0v) is 15.2. The smallest absolute Gasteiger partial charge is 0.155 e. The molecule has 3 fully saturated rings. The molecule has 4 rings (SSSR count). The Bertz CT molecular complexity index is 621. The Kier molecular flexibility index (Phi) is 3.62. The van der Waals surface area contributed by atoms with Gasteiger partial charge in [-0.05, 0) is 80.1 Å². The molecular formula is C21H30O3. The highest BCUT2D eigenvalue weighted by Crippen LogP contribution is 2.66. The van der Waals surface area contributed by atoms with E-state index in [4.69, 9.17) is 0 Å². The third-order valence-corrected chi connectivity index (χ3v) is 8.38. The molecule has 0 amide bonds. The van der Waals surface area contributed by atoms with E-state index in [2.05, 4.69) is 13.8 Å². The van der Waals surface area contributed by atoms with Gasteiger partial charge in [0.1, 0.15) is 5.78 Å². The molecule has 24 heavy (non-hydrogen) atoms. The molecular weight excluding hydrogens is 300 g/mol. The van der Waals surface area contributed by atoms with E-state index in [1.165, 1.54) is 5.57 Å². The van der Waals surface area contributed by atoms with Gasteiger partial charge in [-0.25, -0.2) is 0 Å². The molecule has 0 bridgehead atoms. The lowest BCUT2D eigenvalue weighted by Crippen LogP contribution is -2.56. The maximum absolute atomic E-state index is 12.2. The fourth-order valence-corrected chi connectivity index (χ4v) is 7.35. The monoisotopic (exact) mass is 330 g/mol. The van der Waals surface area contributed by atoms with E-state index in [-0.39, 0.29) is 34.6 Å². The van der Waals surface area contributed by atoms with E-state index in [1.807, 2.05) is 6.08 Å². The molecule has 132 valence electrons. The molecule has 3 heteroatoms. The summed E-state index contributed by atoms with van der Waals surface area (Å²) in [7, 11) is 0. The third kappa shape index (κ3) is 2.06. The van der Waals surface area contributed by atoms with Crippen molar-refractivity contribution in [2.75, 3.05) is 0 Å². The molecule has 5 unspecified atom stereocenters. The molecule has 0 spiro atoms. The number of fused-ring (bicyclic) bond motifs is 5. The third-order valence-electron chi connectivity index (χ3n) is 8.38. The Labute approximate surface area is 144 Å². The van der Waals surface area contributed by atoms with Crippen LogP contribution in [0, 0.1) is 34.5 Å². The second kappa shape index (κ2) is 5.27. The maximum Gasteiger partial charge on any atom is 0.155 e. The Morgan fingerprint density at radius 3 is 2.67 bits per heavy atom. The average molecular weight is 330 g/mol. The summed E-state index contributed by atoms with van der Waals surface area (Å²) in [5, 5.41) is 11.2. The topological polar surface area (TPSA) is 54.4 Å². The number of rotatable bonds is 1. The normalized spacial score (nSPS) is 50.6. The van der Waals surface area contributed by atoms with Gasteiger partial charge in [-0.1, -0.05) is 19.4 Å². The predicted octanol–water partition coefficient (Wildman–Crippen LogP) is 3.69. The van der Waals surface area contributed by atoms with Crippen molar-refractivity contribution < 1.29 is 14.7 Å². The van der Waals surface area contributed by atoms with Gasteiger partial charge in [0.25, 0.3) is 0 Å². The van der Waals surface area contributed by atoms with Crippen LogP contribution in [0.1, 0.15) is 65.7 Å². The van der Waals surface area contributed by atoms with E-state index in [0.717, 1.165) is 38.5 Å². The van der Waals surface area contributed by atoms with Crippen molar-refractivity contribution in [3.8, 4) is 0 Å². The largest absolute Gasteiger partial charge is 0.393 e. The predicted molar refractivity (Wildman–Crippen MR) is 92.3 cm³/mol. The molecule has 0 radical (unpaired) electrons. The van der Waals surface area contributed by atoms with Crippen LogP contribution < -0.4 is 0 Å². The number of aliphatic hydroxyl groups is 1. The van der Waals surface area contributed by atoms with Gasteiger partial charge in [-0.2, -0.15) is 0 Å². The SMILES string of the molecule is CC(=O)C1CCC2C3CCC4=CC(=O)CC[C@]4(C)C3C(O)C[C@]12C. The minimum atomic E-state index is -0.349. The first-order valence-electron chi connectivity index (χ1n) is 9.70. The molecule has 4 aliphatic carbocycles. The summed E-state index contributed by atoms with van der Waals surface area (Å²) in [6.07, 6.45) is 7.97. The summed E-state index contributed by atoms with van der Waals surface area (Å²) in [5.74, 6) is 1.99. The van der Waals surface area contributed by atoms with Gasteiger partial charge < -0.3 is 5.11 Å². The van der Waals surface area contributed by atoms with Gasteiger partial charge in [-0.15, -0.1) is 0 Å². The highest BCUT2D eigenvalue weighted by atomic mass is 16.3. The van der Waals surface area contributed by atoms with Gasteiger partial charge in [-0.3, -0.25) is 9.59 Å². The second-order valence-corrected chi connectivity index (χ2v) is 9.41. The van der Waals surface area contributed by atoms with Gasteiger partial charge in [0.15, 0.2) is 5.78 Å². The van der Waals surface area contributed by atoms with E-state index in [9.17, 15) is 14.7 Å². The summed E-state index contributed by atoms with van der Waals surface area (Å²) in [5.41, 5.74) is 1.23. The molecule has 3 saturated carbocycles. The van der Waals surface area contributed by atoms with Crippen LogP contribution in [0.15, 0.2) is 11.6 Å². The number of aliphatic hydroxyl groups excluding tert-OH is 1. The van der Waals surface area contributed by atoms with Crippen molar-refractivity contribution in [1.82, 2.24) is 0 Å². The lowest BCUT2D eigenvalue weighted by atomic mass is 9.46. The summed E-state index contributed by atoms with van der Waals surface area (Å²) in [6, 6.07) is 0. The van der Waals surface area contributed by atoms with Crippen LogP contribution >= 0.6 is 0 Å². The van der Waals surface area contributed by atoms with Gasteiger partial charge in [0, 0.05) is 12.3 Å². The minimum absolute atomic E-state index is 0.0219.